The molecule has 2 aromatic heterocycles. The Morgan fingerprint density at radius 3 is 2.94 bits per heavy atom. The molecule has 2 heterocycles. The largest absolute Gasteiger partial charge is 0.457 e. The van der Waals surface area contributed by atoms with Crippen molar-refractivity contribution in [1.82, 2.24) is 10.1 Å². The lowest BCUT2D eigenvalue weighted by atomic mass is 10.3. The Morgan fingerprint density at radius 2 is 2.35 bits per heavy atom. The van der Waals surface area contributed by atoms with Crippen LogP contribution in [0, 0.1) is 13.8 Å². The summed E-state index contributed by atoms with van der Waals surface area (Å²) < 4.78 is 9.97. The topological polar surface area (TPSA) is 65.2 Å². The van der Waals surface area contributed by atoms with Crippen LogP contribution in [0.15, 0.2) is 16.0 Å². The number of rotatable bonds is 4. The quantitative estimate of drug-likeness (QED) is 0.779. The lowest BCUT2D eigenvalue weighted by Gasteiger charge is -1.99. The summed E-state index contributed by atoms with van der Waals surface area (Å²) in [6, 6.07) is 1.74. The summed E-state index contributed by atoms with van der Waals surface area (Å²) in [5.74, 6) is 0.231. The summed E-state index contributed by atoms with van der Waals surface area (Å²) in [5.41, 5.74) is 1.51. The minimum Gasteiger partial charge on any atom is -0.457 e. The molecule has 2 rings (SSSR count). The van der Waals surface area contributed by atoms with Gasteiger partial charge in [-0.15, -0.1) is 11.3 Å². The normalized spacial score (nSPS) is 10.5. The van der Waals surface area contributed by atoms with Gasteiger partial charge in [0.05, 0.1) is 22.8 Å². The number of esters is 1. The molecule has 0 aliphatic heterocycles. The van der Waals surface area contributed by atoms with Crippen LogP contribution in [0.5, 0.6) is 0 Å². The number of aryl methyl sites for hydroxylation is 2. The van der Waals surface area contributed by atoms with E-state index >= 15 is 0 Å². The SMILES string of the molecule is Cc1cc(COC(=O)Cc2csc(C)n2)on1. The molecule has 90 valence electrons. The number of aromatic nitrogens is 2. The molecule has 0 fully saturated rings. The van der Waals surface area contributed by atoms with Crippen molar-refractivity contribution in [3.8, 4) is 0 Å². The van der Waals surface area contributed by atoms with Crippen molar-refractivity contribution < 1.29 is 14.1 Å². The summed E-state index contributed by atoms with van der Waals surface area (Å²) in [5, 5.41) is 6.50. The minimum atomic E-state index is -0.315. The van der Waals surface area contributed by atoms with Gasteiger partial charge >= 0.3 is 5.97 Å². The maximum atomic E-state index is 11.5. The molecule has 0 atom stereocenters. The maximum Gasteiger partial charge on any atom is 0.312 e. The van der Waals surface area contributed by atoms with Gasteiger partial charge in [-0.2, -0.15) is 0 Å². The third-order valence-electron chi connectivity index (χ3n) is 2.04. The van der Waals surface area contributed by atoms with Gasteiger partial charge in [0, 0.05) is 11.4 Å². The number of hydrogen-bond donors (Lipinski definition) is 0. The van der Waals surface area contributed by atoms with Crippen LogP contribution in [0.25, 0.3) is 0 Å². The van der Waals surface area contributed by atoms with E-state index < -0.39 is 0 Å². The monoisotopic (exact) mass is 252 g/mol. The Kier molecular flexibility index (Phi) is 3.53. The molecule has 0 aliphatic carbocycles. The fourth-order valence-electron chi connectivity index (χ4n) is 1.32. The van der Waals surface area contributed by atoms with Crippen molar-refractivity contribution >= 4 is 17.3 Å². The molecule has 0 unspecified atom stereocenters. The maximum absolute atomic E-state index is 11.5. The summed E-state index contributed by atoms with van der Waals surface area (Å²) in [4.78, 5) is 15.7. The van der Waals surface area contributed by atoms with Gasteiger partial charge in [-0.25, -0.2) is 4.98 Å². The zero-order chi connectivity index (χ0) is 12.3. The molecule has 0 saturated heterocycles. The Labute approximate surface area is 102 Å². The fraction of sp³-hybridized carbons (Fsp3) is 0.364. The molecular formula is C11H12N2O3S. The lowest BCUT2D eigenvalue weighted by molar-refractivity contribution is -0.144. The highest BCUT2D eigenvalue weighted by Gasteiger charge is 2.09. The van der Waals surface area contributed by atoms with Crippen molar-refractivity contribution in [1.29, 1.82) is 0 Å². The zero-order valence-corrected chi connectivity index (χ0v) is 10.4. The van der Waals surface area contributed by atoms with Gasteiger partial charge in [0.15, 0.2) is 12.4 Å². The molecule has 0 aromatic carbocycles. The van der Waals surface area contributed by atoms with Crippen LogP contribution in [0.4, 0.5) is 0 Å². The van der Waals surface area contributed by atoms with E-state index in [2.05, 4.69) is 10.1 Å². The van der Waals surface area contributed by atoms with Gasteiger partial charge in [-0.1, -0.05) is 5.16 Å². The molecule has 6 heteroatoms. The average molecular weight is 252 g/mol. The molecule has 0 aliphatic rings. The van der Waals surface area contributed by atoms with Crippen molar-refractivity contribution in [2.24, 2.45) is 0 Å². The van der Waals surface area contributed by atoms with E-state index in [1.165, 1.54) is 11.3 Å². The number of carbonyl (C=O) groups excluding carboxylic acids is 1. The molecule has 0 spiro atoms. The molecule has 0 saturated carbocycles. The van der Waals surface area contributed by atoms with E-state index in [4.69, 9.17) is 9.26 Å². The zero-order valence-electron chi connectivity index (χ0n) is 9.60. The Morgan fingerprint density at radius 1 is 1.53 bits per heavy atom. The summed E-state index contributed by atoms with van der Waals surface area (Å²) in [6.07, 6.45) is 0.192. The summed E-state index contributed by atoms with van der Waals surface area (Å²) >= 11 is 1.52. The van der Waals surface area contributed by atoms with E-state index in [0.717, 1.165) is 16.4 Å². The first-order valence-electron chi connectivity index (χ1n) is 5.12. The second-order valence-corrected chi connectivity index (χ2v) is 4.69. The summed E-state index contributed by atoms with van der Waals surface area (Å²) in [7, 11) is 0. The van der Waals surface area contributed by atoms with Gasteiger partial charge in [0.1, 0.15) is 0 Å². The predicted molar refractivity (Wildman–Crippen MR) is 61.6 cm³/mol. The third kappa shape index (κ3) is 3.39. The molecule has 17 heavy (non-hydrogen) atoms. The van der Waals surface area contributed by atoms with Crippen LogP contribution < -0.4 is 0 Å². The minimum absolute atomic E-state index is 0.114. The van der Waals surface area contributed by atoms with Crippen LogP contribution >= 0.6 is 11.3 Å². The van der Waals surface area contributed by atoms with Crippen molar-refractivity contribution in [2.45, 2.75) is 26.9 Å². The van der Waals surface area contributed by atoms with Crippen LogP contribution in [-0.2, 0) is 22.6 Å². The highest BCUT2D eigenvalue weighted by atomic mass is 32.1. The Bertz CT molecular complexity index is 518. The van der Waals surface area contributed by atoms with Gasteiger partial charge < -0.3 is 9.26 Å². The number of carbonyl (C=O) groups is 1. The average Bonchev–Trinajstić information content (AvgIpc) is 2.85. The lowest BCUT2D eigenvalue weighted by Crippen LogP contribution is -2.07. The van der Waals surface area contributed by atoms with Gasteiger partial charge in [-0.3, -0.25) is 4.79 Å². The van der Waals surface area contributed by atoms with Crippen LogP contribution in [-0.4, -0.2) is 16.1 Å². The molecular weight excluding hydrogens is 240 g/mol. The fourth-order valence-corrected chi connectivity index (χ4v) is 1.94. The first kappa shape index (κ1) is 11.8. The second-order valence-electron chi connectivity index (χ2n) is 3.63. The first-order chi connectivity index (χ1) is 8.13. The van der Waals surface area contributed by atoms with Crippen LogP contribution in [0.2, 0.25) is 0 Å². The van der Waals surface area contributed by atoms with Crippen molar-refractivity contribution in [3.05, 3.63) is 33.6 Å². The molecule has 0 radical (unpaired) electrons. The Balaban J connectivity index is 1.82. The highest BCUT2D eigenvalue weighted by Crippen LogP contribution is 2.10. The molecule has 0 bridgehead atoms. The third-order valence-corrected chi connectivity index (χ3v) is 2.87. The molecule has 2 aromatic rings. The van der Waals surface area contributed by atoms with Crippen LogP contribution in [0.1, 0.15) is 22.2 Å². The van der Waals surface area contributed by atoms with E-state index in [0.29, 0.717) is 5.76 Å². The van der Waals surface area contributed by atoms with Gasteiger partial charge in [0.2, 0.25) is 0 Å². The van der Waals surface area contributed by atoms with Gasteiger partial charge in [0.25, 0.3) is 0 Å². The number of hydrogen-bond acceptors (Lipinski definition) is 6. The predicted octanol–water partition coefficient (Wildman–Crippen LogP) is 2.03. The smallest absolute Gasteiger partial charge is 0.312 e. The van der Waals surface area contributed by atoms with E-state index in [9.17, 15) is 4.79 Å². The summed E-state index contributed by atoms with van der Waals surface area (Å²) in [6.45, 7) is 3.83. The second kappa shape index (κ2) is 5.09. The molecule has 0 amide bonds. The van der Waals surface area contributed by atoms with Gasteiger partial charge in [-0.05, 0) is 13.8 Å². The van der Waals surface area contributed by atoms with Crippen LogP contribution in [0.3, 0.4) is 0 Å². The van der Waals surface area contributed by atoms with E-state index in [1.54, 1.807) is 6.07 Å². The van der Waals surface area contributed by atoms with Crippen molar-refractivity contribution in [3.63, 3.8) is 0 Å². The number of ether oxygens (including phenoxy) is 1. The molecule has 5 nitrogen and oxygen atoms in total. The van der Waals surface area contributed by atoms with E-state index in [1.807, 2.05) is 19.2 Å². The van der Waals surface area contributed by atoms with Crippen molar-refractivity contribution in [2.75, 3.05) is 0 Å². The Hall–Kier alpha value is -1.69. The number of thiazole rings is 1. The number of nitrogens with zero attached hydrogens (tertiary/aromatic N) is 2. The standard InChI is InChI=1S/C11H12N2O3S/c1-7-3-10(16-13-7)5-15-11(14)4-9-6-17-8(2)12-9/h3,6H,4-5H2,1-2H3. The van der Waals surface area contributed by atoms with E-state index in [-0.39, 0.29) is 19.0 Å². The highest BCUT2D eigenvalue weighted by molar-refractivity contribution is 7.09. The molecule has 0 N–H and O–H groups in total. The first-order valence-corrected chi connectivity index (χ1v) is 6.00.